The van der Waals surface area contributed by atoms with Crippen LogP contribution in [0.2, 0.25) is 0 Å². The maximum atomic E-state index is 12.9. The van der Waals surface area contributed by atoms with Gasteiger partial charge in [0.2, 0.25) is 5.91 Å². The molecule has 0 bridgehead atoms. The van der Waals surface area contributed by atoms with E-state index in [4.69, 9.17) is 24.6 Å². The van der Waals surface area contributed by atoms with Crippen LogP contribution in [0, 0.1) is 20.2 Å². The molecule has 0 spiro atoms. The van der Waals surface area contributed by atoms with Gasteiger partial charge >= 0.3 is 115 Å². The Kier molecular flexibility index (Phi) is 21.9. The standard InChI is InChI=1S/C23H21N5O5.C21H19N5O4.CH2O3.CH4O.2K.H/c1-14(29)27(22(30)33-23(2,3)4)21-17-11-20(25-12-16(17)5-6-18(21)28(31)32)26-10-8-15-7-9-24-13-19(15)26;1-21(2,3)30-20(27)24-19-15-10-18(23-11-14(15)4-5-16(19)26(28)29)25-9-7-13-6-8-22-12-17(13)25;2-1-4-3;1-2;;;/h5-13H,1-4H3;4-12H,1-3H3,(H,24,27);1,3H;2H,1H3;;;/q;;;;2*+1;-1/p-1. The van der Waals surface area contributed by atoms with Crippen LogP contribution in [0.1, 0.15) is 49.9 Å². The quantitative estimate of drug-likeness (QED) is 0.0756. The van der Waals surface area contributed by atoms with Gasteiger partial charge in [-0.2, -0.15) is 0 Å². The third-order valence-corrected chi connectivity index (χ3v) is 9.36. The van der Waals surface area contributed by atoms with Crippen molar-refractivity contribution in [3.63, 3.8) is 0 Å². The zero-order chi connectivity index (χ0) is 50.8. The molecule has 0 aliphatic heterocycles. The van der Waals surface area contributed by atoms with Crippen molar-refractivity contribution in [2.75, 3.05) is 17.3 Å². The van der Waals surface area contributed by atoms with Gasteiger partial charge in [0.1, 0.15) is 34.2 Å². The third-order valence-electron chi connectivity index (χ3n) is 9.36. The Morgan fingerprint density at radius 1 is 0.704 bits per heavy atom. The molecule has 0 fully saturated rings. The summed E-state index contributed by atoms with van der Waals surface area (Å²) in [6, 6.07) is 16.5. The fourth-order valence-electron chi connectivity index (χ4n) is 6.74. The topological polar surface area (TPSA) is 302 Å². The second kappa shape index (κ2) is 26.1. The minimum atomic E-state index is -1.00. The van der Waals surface area contributed by atoms with E-state index >= 15 is 0 Å². The molecule has 23 nitrogen and oxygen atoms in total. The molecule has 6 heterocycles. The van der Waals surface area contributed by atoms with Crippen LogP contribution in [-0.2, 0) is 24.0 Å². The van der Waals surface area contributed by atoms with E-state index in [1.807, 2.05) is 35.0 Å². The van der Waals surface area contributed by atoms with Gasteiger partial charge in [-0.25, -0.2) is 24.5 Å². The van der Waals surface area contributed by atoms with E-state index < -0.39 is 44.8 Å². The van der Waals surface area contributed by atoms with Crippen molar-refractivity contribution in [1.82, 2.24) is 29.1 Å². The average molecular weight is 1030 g/mol. The van der Waals surface area contributed by atoms with Gasteiger partial charge in [0, 0.05) is 95.7 Å². The summed E-state index contributed by atoms with van der Waals surface area (Å²) in [5.74, 6) is 0.270. The monoisotopic (exact) mass is 1020 g/mol. The van der Waals surface area contributed by atoms with Crippen LogP contribution < -0.4 is 118 Å². The number of nitro benzene ring substituents is 2. The van der Waals surface area contributed by atoms with Crippen LogP contribution in [0.15, 0.2) is 110 Å². The van der Waals surface area contributed by atoms with Crippen LogP contribution >= 0.6 is 0 Å². The van der Waals surface area contributed by atoms with Gasteiger partial charge in [-0.3, -0.25) is 54.2 Å². The molecule has 0 radical (unpaired) electrons. The molecule has 25 heteroatoms. The number of amides is 3. The molecule has 8 rings (SSSR count). The molecule has 6 aromatic heterocycles. The Morgan fingerprint density at radius 3 is 1.59 bits per heavy atom. The summed E-state index contributed by atoms with van der Waals surface area (Å²) >= 11 is 0. The predicted molar refractivity (Wildman–Crippen MR) is 252 cm³/mol. The van der Waals surface area contributed by atoms with Gasteiger partial charge < -0.3 is 26.2 Å². The molecule has 0 aliphatic carbocycles. The molecule has 3 amide bonds. The summed E-state index contributed by atoms with van der Waals surface area (Å²) < 4.78 is 14.3. The summed E-state index contributed by atoms with van der Waals surface area (Å²) in [6.45, 7) is 11.1. The SMILES string of the molecule is CC(=O)N(C(=O)OC(C)(C)C)c1c([N+](=O)[O-])ccc2cnc(-n3ccc4ccncc43)cc12.CC(C)(C)OC(=O)Nc1c([N+](=O)[O-])ccc2cnc(-n3ccc4ccncc43)cc12.CO.O=CO[O-].[H-].[K+].[K+]. The molecule has 0 unspecified atom stereocenters. The maximum Gasteiger partial charge on any atom is 1.00 e. The van der Waals surface area contributed by atoms with Gasteiger partial charge in [0.15, 0.2) is 0 Å². The molecule has 0 aliphatic rings. The summed E-state index contributed by atoms with van der Waals surface area (Å²) in [5.41, 5.74) is -0.767. The number of rotatable bonds is 7. The summed E-state index contributed by atoms with van der Waals surface area (Å²) in [5, 5.41) is 45.3. The predicted octanol–water partition coefficient (Wildman–Crippen LogP) is 1.76. The van der Waals surface area contributed by atoms with Gasteiger partial charge in [0.25, 0.3) is 17.8 Å². The number of aliphatic hydroxyl groups excluding tert-OH is 1. The number of benzene rings is 2. The molecule has 0 atom stereocenters. The number of hydrogen-bond donors (Lipinski definition) is 2. The number of nitro groups is 2. The number of pyridine rings is 4. The van der Waals surface area contributed by atoms with E-state index in [1.165, 1.54) is 24.4 Å². The first-order valence-corrected chi connectivity index (χ1v) is 20.4. The van der Waals surface area contributed by atoms with E-state index in [0.29, 0.717) is 38.1 Å². The van der Waals surface area contributed by atoms with Crippen LogP contribution in [-0.4, -0.2) is 86.9 Å². The molecule has 0 saturated heterocycles. The average Bonchev–Trinajstić information content (AvgIpc) is 3.94. The number of aliphatic hydroxyl groups is 1. The number of carbonyl (C=O) groups is 4. The number of anilines is 2. The number of nitrogens with one attached hydrogen (secondary N) is 1. The van der Waals surface area contributed by atoms with Crippen LogP contribution in [0.4, 0.5) is 32.3 Å². The van der Waals surface area contributed by atoms with Crippen molar-refractivity contribution < 1.29 is 158 Å². The molecule has 71 heavy (non-hydrogen) atoms. The third kappa shape index (κ3) is 14.9. The first-order chi connectivity index (χ1) is 32.7. The number of fused-ring (bicyclic) bond motifs is 4. The minimum Gasteiger partial charge on any atom is -1.00 e. The first-order valence-electron chi connectivity index (χ1n) is 20.4. The summed E-state index contributed by atoms with van der Waals surface area (Å²) in [7, 11) is 1.00. The molecule has 8 aromatic rings. The zero-order valence-corrected chi connectivity index (χ0v) is 46.6. The molecular weight excluding hydrogens is 979 g/mol. The zero-order valence-electron chi connectivity index (χ0n) is 41.3. The Hall–Kier alpha value is -5.69. The van der Waals surface area contributed by atoms with E-state index in [2.05, 4.69) is 30.1 Å². The van der Waals surface area contributed by atoms with Crippen molar-refractivity contribution in [2.24, 2.45) is 0 Å². The number of aromatic nitrogens is 6. The van der Waals surface area contributed by atoms with Gasteiger partial charge in [0.05, 0.1) is 33.3 Å². The Labute approximate surface area is 491 Å². The van der Waals surface area contributed by atoms with Crippen LogP contribution in [0.5, 0.6) is 0 Å². The summed E-state index contributed by atoms with van der Waals surface area (Å²) in [4.78, 5) is 89.3. The molecule has 2 aromatic carbocycles. The van der Waals surface area contributed by atoms with E-state index in [0.717, 1.165) is 35.8 Å². The largest absolute Gasteiger partial charge is 1.00 e. The Balaban J connectivity index is 0.000000430. The second-order valence-electron chi connectivity index (χ2n) is 16.3. The summed E-state index contributed by atoms with van der Waals surface area (Å²) in [6.07, 6.45) is 11.8. The molecular formula is C46H46K2N10O13. The fraction of sp³-hybridized carbons (Fsp3) is 0.217. The fourth-order valence-corrected chi connectivity index (χ4v) is 6.74. The second-order valence-corrected chi connectivity index (χ2v) is 16.3. The number of hydrogen-bond acceptors (Lipinski definition) is 17. The van der Waals surface area contributed by atoms with Crippen LogP contribution in [0.25, 0.3) is 55.0 Å². The Morgan fingerprint density at radius 2 is 1.15 bits per heavy atom. The number of nitrogens with zero attached hydrogens (tertiary/aromatic N) is 9. The number of carbonyl (C=O) groups excluding carboxylic acids is 4. The molecule has 2 N–H and O–H groups in total. The van der Waals surface area contributed by atoms with Crippen LogP contribution in [0.3, 0.4) is 0 Å². The van der Waals surface area contributed by atoms with Crippen molar-refractivity contribution in [2.45, 2.75) is 59.7 Å². The van der Waals surface area contributed by atoms with Crippen molar-refractivity contribution in [3.05, 3.63) is 130 Å². The molecule has 0 saturated carbocycles. The van der Waals surface area contributed by atoms with Gasteiger partial charge in [-0.05, 0) is 90.1 Å². The number of ether oxygens (including phenoxy) is 2. The Bertz CT molecular complexity index is 3230. The van der Waals surface area contributed by atoms with E-state index in [1.54, 1.807) is 101 Å². The van der Waals surface area contributed by atoms with E-state index in [-0.39, 0.29) is 128 Å². The maximum absolute atomic E-state index is 12.9. The smallest absolute Gasteiger partial charge is 1.00 e. The first kappa shape index (κ1) is 59.6. The van der Waals surface area contributed by atoms with E-state index in [9.17, 15) is 34.6 Å². The normalized spacial score (nSPS) is 10.6. The van der Waals surface area contributed by atoms with Crippen molar-refractivity contribution >= 4 is 90.7 Å². The van der Waals surface area contributed by atoms with Gasteiger partial charge in [-0.15, -0.1) is 0 Å². The van der Waals surface area contributed by atoms with Crippen molar-refractivity contribution in [1.29, 1.82) is 0 Å². The molecule has 360 valence electrons. The van der Waals surface area contributed by atoms with Gasteiger partial charge in [-0.1, -0.05) is 0 Å². The van der Waals surface area contributed by atoms with Crippen molar-refractivity contribution in [3.8, 4) is 11.6 Å². The minimum absolute atomic E-state index is 0. The number of imide groups is 1.